The molecule has 0 aliphatic carbocycles. The van der Waals surface area contributed by atoms with Gasteiger partial charge in [0, 0.05) is 25.5 Å². The number of pyridine rings is 1. The predicted octanol–water partition coefficient (Wildman–Crippen LogP) is 1.72. The molecule has 3 aliphatic rings. The number of aromatic nitrogens is 1. The lowest BCUT2D eigenvalue weighted by molar-refractivity contribution is -0.137. The molecular weight excluding hydrogens is 366 g/mol. The fourth-order valence-electron chi connectivity index (χ4n) is 4.79. The summed E-state index contributed by atoms with van der Waals surface area (Å²) < 4.78 is 6.18. The van der Waals surface area contributed by atoms with Crippen LogP contribution in [-0.4, -0.2) is 46.5 Å². The molecule has 0 radical (unpaired) electrons. The Hall–Kier alpha value is -2.99. The molecule has 2 aromatic rings. The summed E-state index contributed by atoms with van der Waals surface area (Å²) in [5.41, 5.74) is 1.47. The summed E-state index contributed by atoms with van der Waals surface area (Å²) in [4.78, 5) is 32.1. The van der Waals surface area contributed by atoms with E-state index >= 15 is 0 Å². The van der Waals surface area contributed by atoms with Crippen LogP contribution in [-0.2, 0) is 27.3 Å². The first-order chi connectivity index (χ1) is 14.2. The number of nitrogens with zero attached hydrogens (tertiary/aromatic N) is 2. The van der Waals surface area contributed by atoms with Gasteiger partial charge in [0.2, 0.25) is 11.8 Å². The predicted molar refractivity (Wildman–Crippen MR) is 107 cm³/mol. The molecule has 3 aliphatic heterocycles. The van der Waals surface area contributed by atoms with Gasteiger partial charge >= 0.3 is 0 Å². The molecule has 6 nitrogen and oxygen atoms in total. The molecule has 6 heteroatoms. The normalized spacial score (nSPS) is 29.3. The second-order valence-corrected chi connectivity index (χ2v) is 7.97. The van der Waals surface area contributed by atoms with Gasteiger partial charge in [-0.1, -0.05) is 48.6 Å². The van der Waals surface area contributed by atoms with Crippen molar-refractivity contribution in [3.05, 3.63) is 78.1 Å². The Morgan fingerprint density at radius 2 is 2.03 bits per heavy atom. The summed E-state index contributed by atoms with van der Waals surface area (Å²) in [6.07, 6.45) is 7.83. The third-order valence-corrected chi connectivity index (χ3v) is 6.18. The topological polar surface area (TPSA) is 71.5 Å². The Labute approximate surface area is 169 Å². The number of carbonyl (C=O) groups excluding carboxylic acids is 2. The van der Waals surface area contributed by atoms with Gasteiger partial charge in [-0.3, -0.25) is 14.6 Å². The first kappa shape index (κ1) is 18.1. The highest BCUT2D eigenvalue weighted by molar-refractivity contribution is 5.93. The summed E-state index contributed by atoms with van der Waals surface area (Å²) in [5.74, 6) is -1.03. The quantitative estimate of drug-likeness (QED) is 0.764. The van der Waals surface area contributed by atoms with Crippen LogP contribution >= 0.6 is 0 Å². The largest absolute Gasteiger partial charge is 0.360 e. The zero-order valence-corrected chi connectivity index (χ0v) is 16.0. The van der Waals surface area contributed by atoms with Crippen molar-refractivity contribution in [3.63, 3.8) is 0 Å². The van der Waals surface area contributed by atoms with Crippen LogP contribution in [0.2, 0.25) is 0 Å². The number of rotatable bonds is 6. The van der Waals surface area contributed by atoms with Gasteiger partial charge in [-0.05, 0) is 23.6 Å². The van der Waals surface area contributed by atoms with Gasteiger partial charge in [-0.2, -0.15) is 0 Å². The Morgan fingerprint density at radius 3 is 2.83 bits per heavy atom. The molecule has 4 heterocycles. The molecule has 2 saturated heterocycles. The van der Waals surface area contributed by atoms with E-state index in [1.165, 1.54) is 5.56 Å². The fourth-order valence-corrected chi connectivity index (χ4v) is 4.79. The third kappa shape index (κ3) is 3.13. The van der Waals surface area contributed by atoms with E-state index in [1.807, 2.05) is 47.4 Å². The lowest BCUT2D eigenvalue weighted by Gasteiger charge is -2.23. The number of carbonyl (C=O) groups is 2. The highest BCUT2D eigenvalue weighted by Crippen LogP contribution is 2.51. The molecule has 5 rings (SSSR count). The molecule has 0 unspecified atom stereocenters. The van der Waals surface area contributed by atoms with Crippen LogP contribution in [0.5, 0.6) is 0 Å². The van der Waals surface area contributed by atoms with Crippen molar-refractivity contribution in [2.24, 2.45) is 11.8 Å². The number of ether oxygens (including phenoxy) is 1. The van der Waals surface area contributed by atoms with E-state index in [-0.39, 0.29) is 17.9 Å². The maximum atomic E-state index is 13.2. The maximum absolute atomic E-state index is 13.2. The molecule has 4 atom stereocenters. The number of likely N-dealkylation sites (tertiary alicyclic amines) is 1. The van der Waals surface area contributed by atoms with E-state index in [0.717, 1.165) is 12.0 Å². The van der Waals surface area contributed by atoms with Crippen LogP contribution in [0.1, 0.15) is 11.1 Å². The summed E-state index contributed by atoms with van der Waals surface area (Å²) in [5, 5.41) is 2.96. The summed E-state index contributed by atoms with van der Waals surface area (Å²) in [6.45, 7) is 1.54. The van der Waals surface area contributed by atoms with E-state index in [9.17, 15) is 9.59 Å². The Morgan fingerprint density at radius 1 is 1.21 bits per heavy atom. The second kappa shape index (κ2) is 7.12. The van der Waals surface area contributed by atoms with E-state index in [0.29, 0.717) is 19.6 Å². The number of benzene rings is 1. The third-order valence-electron chi connectivity index (χ3n) is 6.18. The summed E-state index contributed by atoms with van der Waals surface area (Å²) in [7, 11) is 0. The summed E-state index contributed by atoms with van der Waals surface area (Å²) >= 11 is 0. The lowest BCUT2D eigenvalue weighted by Crippen LogP contribution is -2.44. The van der Waals surface area contributed by atoms with Gasteiger partial charge in [-0.25, -0.2) is 0 Å². The minimum atomic E-state index is -0.658. The number of hydrogen-bond donors (Lipinski definition) is 1. The van der Waals surface area contributed by atoms with Crippen LogP contribution < -0.4 is 5.32 Å². The standard InChI is InChI=1S/C23H23N3O3/c27-21(25-14-17-7-4-11-24-13-17)19-18-8-10-23(29-18)15-26(22(28)20(19)23)12-9-16-5-2-1-3-6-16/h1-8,10-11,13,18-20H,9,12,14-15H2,(H,25,27)/t18-,19-,20+,23+/m1/s1. The molecule has 1 spiro atoms. The molecule has 0 saturated carbocycles. The Bertz CT molecular complexity index is 946. The molecule has 1 aromatic heterocycles. The van der Waals surface area contributed by atoms with Crippen LogP contribution in [0.4, 0.5) is 0 Å². The minimum absolute atomic E-state index is 0.0225. The first-order valence-corrected chi connectivity index (χ1v) is 10.0. The zero-order valence-electron chi connectivity index (χ0n) is 16.0. The molecule has 1 N–H and O–H groups in total. The van der Waals surface area contributed by atoms with Crippen LogP contribution in [0.15, 0.2) is 67.0 Å². The van der Waals surface area contributed by atoms with Crippen molar-refractivity contribution >= 4 is 11.8 Å². The zero-order chi connectivity index (χ0) is 19.8. The molecule has 2 fully saturated rings. The molecule has 29 heavy (non-hydrogen) atoms. The summed E-state index contributed by atoms with van der Waals surface area (Å²) in [6, 6.07) is 13.9. The molecule has 2 amide bonds. The van der Waals surface area contributed by atoms with Crippen molar-refractivity contribution in [1.82, 2.24) is 15.2 Å². The van der Waals surface area contributed by atoms with Gasteiger partial charge in [0.05, 0.1) is 24.5 Å². The van der Waals surface area contributed by atoms with E-state index in [2.05, 4.69) is 22.4 Å². The molecular formula is C23H23N3O3. The minimum Gasteiger partial charge on any atom is -0.360 e. The van der Waals surface area contributed by atoms with Gasteiger partial charge in [0.25, 0.3) is 0 Å². The highest BCUT2D eigenvalue weighted by Gasteiger charge is 2.66. The van der Waals surface area contributed by atoms with Crippen LogP contribution in [0.3, 0.4) is 0 Å². The Kier molecular flexibility index (Phi) is 4.43. The van der Waals surface area contributed by atoms with Gasteiger partial charge < -0.3 is 15.0 Å². The smallest absolute Gasteiger partial charge is 0.230 e. The van der Waals surface area contributed by atoms with E-state index in [1.54, 1.807) is 12.4 Å². The fraction of sp³-hybridized carbons (Fsp3) is 0.348. The van der Waals surface area contributed by atoms with Crippen molar-refractivity contribution in [3.8, 4) is 0 Å². The maximum Gasteiger partial charge on any atom is 0.230 e. The lowest BCUT2D eigenvalue weighted by atomic mass is 9.77. The Balaban J connectivity index is 1.28. The van der Waals surface area contributed by atoms with Crippen LogP contribution in [0, 0.1) is 11.8 Å². The van der Waals surface area contributed by atoms with E-state index in [4.69, 9.17) is 4.74 Å². The molecule has 148 valence electrons. The number of fused-ring (bicyclic) bond motifs is 1. The molecule has 2 bridgehead atoms. The monoisotopic (exact) mass is 389 g/mol. The van der Waals surface area contributed by atoms with Crippen molar-refractivity contribution in [1.29, 1.82) is 0 Å². The number of nitrogens with one attached hydrogen (secondary N) is 1. The second-order valence-electron chi connectivity index (χ2n) is 7.97. The van der Waals surface area contributed by atoms with Gasteiger partial charge in [0.1, 0.15) is 5.60 Å². The average molecular weight is 389 g/mol. The SMILES string of the molecule is O=C(NCc1cccnc1)[C@H]1[C@H]2C(=O)N(CCc3ccccc3)C[C@@]23C=C[C@H]1O3. The highest BCUT2D eigenvalue weighted by atomic mass is 16.5. The molecule has 1 aromatic carbocycles. The number of hydrogen-bond acceptors (Lipinski definition) is 4. The van der Waals surface area contributed by atoms with Crippen molar-refractivity contribution in [2.45, 2.75) is 24.7 Å². The van der Waals surface area contributed by atoms with Crippen molar-refractivity contribution < 1.29 is 14.3 Å². The van der Waals surface area contributed by atoms with Gasteiger partial charge in [-0.15, -0.1) is 0 Å². The van der Waals surface area contributed by atoms with Gasteiger partial charge in [0.15, 0.2) is 0 Å². The first-order valence-electron chi connectivity index (χ1n) is 10.0. The van der Waals surface area contributed by atoms with Crippen LogP contribution in [0.25, 0.3) is 0 Å². The number of amides is 2. The van der Waals surface area contributed by atoms with E-state index < -0.39 is 17.4 Å². The van der Waals surface area contributed by atoms with Crippen molar-refractivity contribution in [2.75, 3.05) is 13.1 Å². The average Bonchev–Trinajstić information content (AvgIpc) is 3.40.